The molecule has 0 spiro atoms. The molecular formula is C17H17N3O4. The molecule has 7 heteroatoms. The normalized spacial score (nSPS) is 13.7. The first-order valence-electron chi connectivity index (χ1n) is 7.85. The number of esters is 1. The van der Waals surface area contributed by atoms with E-state index in [2.05, 4.69) is 15.9 Å². The van der Waals surface area contributed by atoms with Crippen molar-refractivity contribution in [2.45, 2.75) is 38.6 Å². The van der Waals surface area contributed by atoms with Gasteiger partial charge in [-0.3, -0.25) is 14.3 Å². The predicted octanol–water partition coefficient (Wildman–Crippen LogP) is 1.16. The van der Waals surface area contributed by atoms with Crippen molar-refractivity contribution in [2.24, 2.45) is 0 Å². The zero-order valence-electron chi connectivity index (χ0n) is 13.3. The van der Waals surface area contributed by atoms with Gasteiger partial charge in [0.15, 0.2) is 12.3 Å². The summed E-state index contributed by atoms with van der Waals surface area (Å²) in [6.45, 7) is 2.12. The minimum absolute atomic E-state index is 0.0643. The molecule has 0 atom stereocenters. The van der Waals surface area contributed by atoms with Crippen LogP contribution in [0.25, 0.3) is 11.0 Å². The van der Waals surface area contributed by atoms with E-state index >= 15 is 0 Å². The van der Waals surface area contributed by atoms with E-state index in [9.17, 15) is 14.4 Å². The highest BCUT2D eigenvalue weighted by atomic mass is 16.5. The van der Waals surface area contributed by atoms with Crippen LogP contribution in [0.4, 0.5) is 0 Å². The minimum atomic E-state index is -0.686. The number of terminal acetylenes is 1. The fraction of sp³-hybridized carbons (Fsp3) is 0.412. The molecule has 2 aromatic rings. The number of fused-ring (bicyclic) bond motifs is 1. The molecule has 0 unspecified atom stereocenters. The SMILES string of the molecule is C#CCOC(=O)c1cc(C2CC2)nc2c1c(=O)[nH]c(=O)n2CCC. The Kier molecular flexibility index (Phi) is 4.21. The van der Waals surface area contributed by atoms with Crippen molar-refractivity contribution < 1.29 is 9.53 Å². The van der Waals surface area contributed by atoms with Gasteiger partial charge in [0.25, 0.3) is 5.56 Å². The molecule has 0 aliphatic heterocycles. The Hall–Kier alpha value is -2.88. The van der Waals surface area contributed by atoms with Crippen LogP contribution in [0.3, 0.4) is 0 Å². The van der Waals surface area contributed by atoms with Crippen LogP contribution in [-0.4, -0.2) is 27.1 Å². The smallest absolute Gasteiger partial charge is 0.340 e. The number of ether oxygens (including phenoxy) is 1. The zero-order chi connectivity index (χ0) is 17.3. The topological polar surface area (TPSA) is 94.1 Å². The van der Waals surface area contributed by atoms with Crippen molar-refractivity contribution in [2.75, 3.05) is 6.61 Å². The van der Waals surface area contributed by atoms with E-state index in [0.717, 1.165) is 12.8 Å². The molecule has 2 aromatic heterocycles. The van der Waals surface area contributed by atoms with Gasteiger partial charge in [0.05, 0.1) is 10.9 Å². The highest BCUT2D eigenvalue weighted by Gasteiger charge is 2.29. The number of nitrogens with zero attached hydrogens (tertiary/aromatic N) is 2. The van der Waals surface area contributed by atoms with Crippen LogP contribution in [-0.2, 0) is 11.3 Å². The van der Waals surface area contributed by atoms with Crippen LogP contribution >= 0.6 is 0 Å². The van der Waals surface area contributed by atoms with Crippen LogP contribution < -0.4 is 11.2 Å². The van der Waals surface area contributed by atoms with Crippen molar-refractivity contribution >= 4 is 17.0 Å². The molecule has 1 saturated carbocycles. The summed E-state index contributed by atoms with van der Waals surface area (Å²) in [5.74, 6) is 1.78. The van der Waals surface area contributed by atoms with E-state index in [-0.39, 0.29) is 29.1 Å². The Morgan fingerprint density at radius 3 is 2.88 bits per heavy atom. The molecule has 0 radical (unpaired) electrons. The van der Waals surface area contributed by atoms with Gasteiger partial charge in [-0.05, 0) is 25.3 Å². The number of carbonyl (C=O) groups is 1. The van der Waals surface area contributed by atoms with E-state index in [4.69, 9.17) is 11.2 Å². The van der Waals surface area contributed by atoms with Crippen LogP contribution in [0.1, 0.15) is 48.2 Å². The van der Waals surface area contributed by atoms with Crippen molar-refractivity contribution in [3.05, 3.63) is 38.2 Å². The van der Waals surface area contributed by atoms with Gasteiger partial charge in [-0.25, -0.2) is 14.6 Å². The third-order valence-corrected chi connectivity index (χ3v) is 3.92. The number of carbonyl (C=O) groups excluding carboxylic acids is 1. The Labute approximate surface area is 137 Å². The Morgan fingerprint density at radius 2 is 2.25 bits per heavy atom. The lowest BCUT2D eigenvalue weighted by molar-refractivity contribution is 0.0558. The van der Waals surface area contributed by atoms with E-state index in [0.29, 0.717) is 18.7 Å². The number of pyridine rings is 1. The highest BCUT2D eigenvalue weighted by Crippen LogP contribution is 2.39. The molecule has 1 aliphatic carbocycles. The van der Waals surface area contributed by atoms with Crippen LogP contribution in [0.15, 0.2) is 15.7 Å². The largest absolute Gasteiger partial charge is 0.449 e. The van der Waals surface area contributed by atoms with Gasteiger partial charge in [-0.15, -0.1) is 6.42 Å². The second-order valence-electron chi connectivity index (χ2n) is 5.76. The second-order valence-corrected chi connectivity index (χ2v) is 5.76. The molecule has 0 saturated heterocycles. The summed E-state index contributed by atoms with van der Waals surface area (Å²) in [5.41, 5.74) is -0.154. The van der Waals surface area contributed by atoms with E-state index in [1.165, 1.54) is 4.57 Å². The summed E-state index contributed by atoms with van der Waals surface area (Å²) < 4.78 is 6.37. The first-order chi connectivity index (χ1) is 11.6. The molecule has 0 aromatic carbocycles. The molecule has 0 bridgehead atoms. The number of H-pyrrole nitrogens is 1. The number of hydrogen-bond acceptors (Lipinski definition) is 5. The van der Waals surface area contributed by atoms with Gasteiger partial charge in [0.1, 0.15) is 0 Å². The molecule has 3 rings (SSSR count). The molecule has 1 N–H and O–H groups in total. The lowest BCUT2D eigenvalue weighted by Gasteiger charge is -2.12. The minimum Gasteiger partial charge on any atom is -0.449 e. The van der Waals surface area contributed by atoms with Gasteiger partial charge in [-0.1, -0.05) is 12.8 Å². The van der Waals surface area contributed by atoms with E-state index in [1.807, 2.05) is 6.92 Å². The molecule has 1 fully saturated rings. The Balaban J connectivity index is 2.31. The summed E-state index contributed by atoms with van der Waals surface area (Å²) in [5, 5.41) is 0.0643. The second kappa shape index (κ2) is 6.32. The summed E-state index contributed by atoms with van der Waals surface area (Å²) >= 11 is 0. The summed E-state index contributed by atoms with van der Waals surface area (Å²) in [6.07, 6.45) is 7.75. The molecule has 24 heavy (non-hydrogen) atoms. The zero-order valence-corrected chi connectivity index (χ0v) is 13.3. The molecular weight excluding hydrogens is 310 g/mol. The number of aromatic amines is 1. The quantitative estimate of drug-likeness (QED) is 0.657. The highest BCUT2D eigenvalue weighted by molar-refractivity contribution is 6.02. The lowest BCUT2D eigenvalue weighted by atomic mass is 10.1. The Morgan fingerprint density at radius 1 is 1.50 bits per heavy atom. The van der Waals surface area contributed by atoms with E-state index in [1.54, 1.807) is 6.07 Å². The van der Waals surface area contributed by atoms with Crippen molar-refractivity contribution in [3.8, 4) is 12.3 Å². The van der Waals surface area contributed by atoms with Crippen molar-refractivity contribution in [3.63, 3.8) is 0 Å². The van der Waals surface area contributed by atoms with Gasteiger partial charge >= 0.3 is 11.7 Å². The van der Waals surface area contributed by atoms with E-state index < -0.39 is 17.2 Å². The number of hydrogen-bond donors (Lipinski definition) is 1. The Bertz CT molecular complexity index is 961. The van der Waals surface area contributed by atoms with Crippen molar-refractivity contribution in [1.82, 2.24) is 14.5 Å². The number of aromatic nitrogens is 3. The average Bonchev–Trinajstić information content (AvgIpc) is 3.40. The van der Waals surface area contributed by atoms with Gasteiger partial charge in [0, 0.05) is 18.2 Å². The first kappa shape index (κ1) is 16.0. The number of aryl methyl sites for hydroxylation is 1. The standard InChI is InChI=1S/C17H17N3O4/c1-3-7-20-14-13(15(21)19-17(20)23)11(16(22)24-8-4-2)9-12(18-14)10-5-6-10/h2,9-10H,3,5-8H2,1H3,(H,19,21,23). The first-order valence-corrected chi connectivity index (χ1v) is 7.85. The summed E-state index contributed by atoms with van der Waals surface area (Å²) in [6, 6.07) is 1.58. The summed E-state index contributed by atoms with van der Waals surface area (Å²) in [7, 11) is 0. The number of nitrogens with one attached hydrogen (secondary N) is 1. The fourth-order valence-corrected chi connectivity index (χ4v) is 2.66. The molecule has 1 aliphatic rings. The van der Waals surface area contributed by atoms with Crippen molar-refractivity contribution in [1.29, 1.82) is 0 Å². The maximum Gasteiger partial charge on any atom is 0.340 e. The van der Waals surface area contributed by atoms with Gasteiger partial charge < -0.3 is 4.74 Å². The fourth-order valence-electron chi connectivity index (χ4n) is 2.66. The maximum atomic E-state index is 12.3. The number of rotatable bonds is 5. The molecule has 0 amide bonds. The molecule has 2 heterocycles. The average molecular weight is 327 g/mol. The predicted molar refractivity (Wildman–Crippen MR) is 88.0 cm³/mol. The lowest BCUT2D eigenvalue weighted by Crippen LogP contribution is -2.32. The summed E-state index contributed by atoms with van der Waals surface area (Å²) in [4.78, 5) is 43.5. The third kappa shape index (κ3) is 2.83. The van der Waals surface area contributed by atoms with Gasteiger partial charge in [-0.2, -0.15) is 0 Å². The monoisotopic (exact) mass is 327 g/mol. The maximum absolute atomic E-state index is 12.3. The van der Waals surface area contributed by atoms with Gasteiger partial charge in [0.2, 0.25) is 0 Å². The van der Waals surface area contributed by atoms with Crippen LogP contribution in [0, 0.1) is 12.3 Å². The van der Waals surface area contributed by atoms with Crippen LogP contribution in [0.2, 0.25) is 0 Å². The molecule has 7 nitrogen and oxygen atoms in total. The molecule has 124 valence electrons. The van der Waals surface area contributed by atoms with Crippen LogP contribution in [0.5, 0.6) is 0 Å². The third-order valence-electron chi connectivity index (χ3n) is 3.92.